The van der Waals surface area contributed by atoms with Crippen molar-refractivity contribution >= 4 is 5.97 Å². The molecule has 0 aromatic carbocycles. The first-order valence-electron chi connectivity index (χ1n) is 5.37. The highest BCUT2D eigenvalue weighted by Gasteiger charge is 2.06. The van der Waals surface area contributed by atoms with Crippen LogP contribution in [0, 0.1) is 5.92 Å². The summed E-state index contributed by atoms with van der Waals surface area (Å²) in [6.45, 7) is 12.2. The lowest BCUT2D eigenvalue weighted by Crippen LogP contribution is -2.17. The Kier molecular flexibility index (Phi) is 7.05. The molecule has 0 N–H and O–H groups in total. The third-order valence-corrected chi connectivity index (χ3v) is 1.87. The number of ether oxygens (including phenoxy) is 2. The van der Waals surface area contributed by atoms with Crippen LogP contribution in [0.25, 0.3) is 0 Å². The third kappa shape index (κ3) is 8.18. The molecule has 1 atom stereocenters. The number of rotatable bonds is 7. The Labute approximate surface area is 92.5 Å². The van der Waals surface area contributed by atoms with Gasteiger partial charge in [-0.3, -0.25) is 0 Å². The fourth-order valence-electron chi connectivity index (χ4n) is 1.24. The second-order valence-electron chi connectivity index (χ2n) is 4.23. The van der Waals surface area contributed by atoms with Crippen LogP contribution >= 0.6 is 0 Å². The Balaban J connectivity index is 3.46. The maximum absolute atomic E-state index is 11.0. The monoisotopic (exact) mass is 214 g/mol. The Morgan fingerprint density at radius 2 is 1.87 bits per heavy atom. The van der Waals surface area contributed by atoms with E-state index in [1.165, 1.54) is 0 Å². The maximum Gasteiger partial charge on any atom is 0.333 e. The highest BCUT2D eigenvalue weighted by molar-refractivity contribution is 5.86. The molecule has 0 amide bonds. The number of carbonyl (C=O) groups excluding carboxylic acids is 1. The van der Waals surface area contributed by atoms with E-state index in [1.54, 1.807) is 6.92 Å². The molecule has 3 heteroatoms. The molecule has 1 unspecified atom stereocenters. The first-order valence-corrected chi connectivity index (χ1v) is 5.37. The fraction of sp³-hybridized carbons (Fsp3) is 0.750. The van der Waals surface area contributed by atoms with Crippen LogP contribution in [0.1, 0.15) is 34.1 Å². The van der Waals surface area contributed by atoms with Gasteiger partial charge in [-0.25, -0.2) is 4.79 Å². The van der Waals surface area contributed by atoms with Crippen molar-refractivity contribution in [1.29, 1.82) is 0 Å². The minimum Gasteiger partial charge on any atom is -0.460 e. The Morgan fingerprint density at radius 3 is 2.33 bits per heavy atom. The summed E-state index contributed by atoms with van der Waals surface area (Å²) in [5, 5.41) is 0. The molecule has 15 heavy (non-hydrogen) atoms. The molecule has 0 aliphatic heterocycles. The molecule has 0 bridgehead atoms. The van der Waals surface area contributed by atoms with Gasteiger partial charge in [0, 0.05) is 5.57 Å². The molecule has 0 heterocycles. The van der Waals surface area contributed by atoms with E-state index in [-0.39, 0.29) is 12.1 Å². The smallest absolute Gasteiger partial charge is 0.333 e. The predicted molar refractivity (Wildman–Crippen MR) is 60.6 cm³/mol. The van der Waals surface area contributed by atoms with Gasteiger partial charge in [-0.1, -0.05) is 20.4 Å². The minimum absolute atomic E-state index is 0.216. The minimum atomic E-state index is -0.352. The summed E-state index contributed by atoms with van der Waals surface area (Å²) in [7, 11) is 0. The third-order valence-electron chi connectivity index (χ3n) is 1.87. The van der Waals surface area contributed by atoms with Crippen molar-refractivity contribution in [2.75, 3.05) is 13.2 Å². The molecule has 0 aromatic heterocycles. The molecule has 0 saturated carbocycles. The van der Waals surface area contributed by atoms with Gasteiger partial charge >= 0.3 is 5.97 Å². The molecular formula is C12H22O3. The van der Waals surface area contributed by atoms with Crippen molar-refractivity contribution in [2.45, 2.75) is 40.2 Å². The van der Waals surface area contributed by atoms with Crippen LogP contribution in [0.5, 0.6) is 0 Å². The van der Waals surface area contributed by atoms with Crippen LogP contribution in [-0.2, 0) is 14.3 Å². The lowest BCUT2D eigenvalue weighted by Gasteiger charge is -2.14. The molecule has 0 fully saturated rings. The van der Waals surface area contributed by atoms with Crippen molar-refractivity contribution < 1.29 is 14.3 Å². The molecular weight excluding hydrogens is 192 g/mol. The molecule has 0 spiro atoms. The molecule has 88 valence electrons. The summed E-state index contributed by atoms with van der Waals surface area (Å²) in [5.41, 5.74) is 0.422. The summed E-state index contributed by atoms with van der Waals surface area (Å²) in [5.74, 6) is 0.271. The van der Waals surface area contributed by atoms with Gasteiger partial charge in [0.1, 0.15) is 6.61 Å². The van der Waals surface area contributed by atoms with Crippen molar-refractivity contribution in [2.24, 2.45) is 5.92 Å². The van der Waals surface area contributed by atoms with Gasteiger partial charge in [-0.2, -0.15) is 0 Å². The topological polar surface area (TPSA) is 35.5 Å². The Morgan fingerprint density at radius 1 is 1.27 bits per heavy atom. The van der Waals surface area contributed by atoms with Gasteiger partial charge in [-0.15, -0.1) is 0 Å². The zero-order chi connectivity index (χ0) is 11.8. The van der Waals surface area contributed by atoms with Crippen LogP contribution in [0.2, 0.25) is 0 Å². The van der Waals surface area contributed by atoms with E-state index in [0.717, 1.165) is 6.42 Å². The molecule has 0 aliphatic carbocycles. The van der Waals surface area contributed by atoms with Gasteiger partial charge < -0.3 is 9.47 Å². The number of hydrogen-bond donors (Lipinski definition) is 0. The first-order chi connectivity index (χ1) is 6.93. The number of esters is 1. The van der Waals surface area contributed by atoms with Crippen LogP contribution < -0.4 is 0 Å². The normalized spacial score (nSPS) is 12.6. The first kappa shape index (κ1) is 14.2. The zero-order valence-corrected chi connectivity index (χ0v) is 10.2. The summed E-state index contributed by atoms with van der Waals surface area (Å²) < 4.78 is 10.4. The van der Waals surface area contributed by atoms with Gasteiger partial charge in [0.05, 0.1) is 12.7 Å². The van der Waals surface area contributed by atoms with E-state index in [2.05, 4.69) is 20.4 Å². The second kappa shape index (κ2) is 7.46. The van der Waals surface area contributed by atoms with Crippen molar-refractivity contribution in [1.82, 2.24) is 0 Å². The molecule has 0 rings (SSSR count). The SMILES string of the molecule is C=C(C)C(=O)OCCOC(C)CC(C)C. The van der Waals surface area contributed by atoms with E-state index in [0.29, 0.717) is 24.7 Å². The van der Waals surface area contributed by atoms with Crippen LogP contribution in [0.3, 0.4) is 0 Å². The van der Waals surface area contributed by atoms with Gasteiger partial charge in [-0.05, 0) is 26.2 Å². The average molecular weight is 214 g/mol. The summed E-state index contributed by atoms with van der Waals surface area (Å²) in [4.78, 5) is 11.0. The van der Waals surface area contributed by atoms with Crippen molar-refractivity contribution in [3.8, 4) is 0 Å². The number of hydrogen-bond acceptors (Lipinski definition) is 3. The van der Waals surface area contributed by atoms with Gasteiger partial charge in [0.2, 0.25) is 0 Å². The van der Waals surface area contributed by atoms with E-state index in [9.17, 15) is 4.79 Å². The summed E-state index contributed by atoms with van der Waals surface area (Å²) in [6, 6.07) is 0. The quantitative estimate of drug-likeness (QED) is 0.371. The molecule has 0 saturated heterocycles. The van der Waals surface area contributed by atoms with E-state index in [1.807, 2.05) is 6.92 Å². The lowest BCUT2D eigenvalue weighted by molar-refractivity contribution is -0.141. The zero-order valence-electron chi connectivity index (χ0n) is 10.2. The second-order valence-corrected chi connectivity index (χ2v) is 4.23. The van der Waals surface area contributed by atoms with Crippen LogP contribution in [0.4, 0.5) is 0 Å². The fourth-order valence-corrected chi connectivity index (χ4v) is 1.24. The predicted octanol–water partition coefficient (Wildman–Crippen LogP) is 2.56. The largest absolute Gasteiger partial charge is 0.460 e. The number of carbonyl (C=O) groups is 1. The van der Waals surface area contributed by atoms with E-state index in [4.69, 9.17) is 9.47 Å². The Hall–Kier alpha value is -0.830. The van der Waals surface area contributed by atoms with Crippen LogP contribution in [0.15, 0.2) is 12.2 Å². The lowest BCUT2D eigenvalue weighted by atomic mass is 10.1. The summed E-state index contributed by atoms with van der Waals surface area (Å²) >= 11 is 0. The molecule has 0 aromatic rings. The highest BCUT2D eigenvalue weighted by atomic mass is 16.6. The molecule has 0 radical (unpaired) electrons. The summed E-state index contributed by atoms with van der Waals surface area (Å²) in [6.07, 6.45) is 1.24. The van der Waals surface area contributed by atoms with E-state index >= 15 is 0 Å². The van der Waals surface area contributed by atoms with Crippen molar-refractivity contribution in [3.63, 3.8) is 0 Å². The Bertz CT molecular complexity index is 209. The van der Waals surface area contributed by atoms with Gasteiger partial charge in [0.15, 0.2) is 0 Å². The maximum atomic E-state index is 11.0. The highest BCUT2D eigenvalue weighted by Crippen LogP contribution is 2.07. The standard InChI is InChI=1S/C12H22O3/c1-9(2)8-11(5)14-6-7-15-12(13)10(3)4/h9,11H,3,6-8H2,1-2,4-5H3. The molecule has 0 aliphatic rings. The van der Waals surface area contributed by atoms with Crippen molar-refractivity contribution in [3.05, 3.63) is 12.2 Å². The van der Waals surface area contributed by atoms with Gasteiger partial charge in [0.25, 0.3) is 0 Å². The van der Waals surface area contributed by atoms with Crippen LogP contribution in [-0.4, -0.2) is 25.3 Å². The van der Waals surface area contributed by atoms with E-state index < -0.39 is 0 Å². The molecule has 3 nitrogen and oxygen atoms in total. The average Bonchev–Trinajstić information content (AvgIpc) is 2.10.